The van der Waals surface area contributed by atoms with Crippen LogP contribution in [0.25, 0.3) is 10.1 Å². The number of hydrogen-bond donors (Lipinski definition) is 0. The van der Waals surface area contributed by atoms with Gasteiger partial charge in [0.1, 0.15) is 0 Å². The molecule has 1 aliphatic rings. The van der Waals surface area contributed by atoms with Crippen LogP contribution in [0.5, 0.6) is 0 Å². The van der Waals surface area contributed by atoms with Crippen LogP contribution in [0.4, 0.5) is 0 Å². The van der Waals surface area contributed by atoms with Crippen molar-refractivity contribution in [2.45, 2.75) is 13.3 Å². The van der Waals surface area contributed by atoms with Crippen LogP contribution in [-0.4, -0.2) is 12.3 Å². The lowest BCUT2D eigenvalue weighted by Gasteiger charge is -2.17. The van der Waals surface area contributed by atoms with Gasteiger partial charge in [-0.05, 0) is 25.0 Å². The van der Waals surface area contributed by atoms with Crippen LogP contribution in [0.1, 0.15) is 21.6 Å². The number of nitrogens with zero attached hydrogens (tertiary/aromatic N) is 1. The average Bonchev–Trinajstić information content (AvgIpc) is 2.84. The second-order valence-corrected chi connectivity index (χ2v) is 6.81. The number of fused-ring (bicyclic) bond motifs is 2. The first-order valence-electron chi connectivity index (χ1n) is 7.06. The van der Waals surface area contributed by atoms with Gasteiger partial charge in [-0.15, -0.1) is 11.3 Å². The molecule has 21 heavy (non-hydrogen) atoms. The topological polar surface area (TPSA) is 12.4 Å². The zero-order valence-corrected chi connectivity index (χ0v) is 13.3. The second kappa shape index (κ2) is 4.97. The molecule has 1 nitrogen and oxygen atoms in total. The Hall–Kier alpha value is -1.64. The van der Waals surface area contributed by atoms with Crippen LogP contribution < -0.4 is 0 Å². The summed E-state index contributed by atoms with van der Waals surface area (Å²) in [6.45, 7) is 2.98. The van der Waals surface area contributed by atoms with Gasteiger partial charge < -0.3 is 0 Å². The Kier molecular flexibility index (Phi) is 3.09. The maximum Gasteiger partial charge on any atom is 0.0837 e. The Bertz CT molecular complexity index is 876. The Morgan fingerprint density at radius 1 is 1.14 bits per heavy atom. The molecule has 0 aliphatic carbocycles. The highest BCUT2D eigenvalue weighted by molar-refractivity contribution is 7.21. The zero-order chi connectivity index (χ0) is 14.4. The largest absolute Gasteiger partial charge is 0.283 e. The van der Waals surface area contributed by atoms with Crippen molar-refractivity contribution in [1.82, 2.24) is 0 Å². The van der Waals surface area contributed by atoms with E-state index >= 15 is 0 Å². The summed E-state index contributed by atoms with van der Waals surface area (Å²) in [5.74, 6) is 0. The minimum Gasteiger partial charge on any atom is -0.283 e. The predicted octanol–water partition coefficient (Wildman–Crippen LogP) is 5.26. The lowest BCUT2D eigenvalue weighted by molar-refractivity contribution is 0.943. The molecular formula is C18H14ClNS. The van der Waals surface area contributed by atoms with Crippen LogP contribution in [0, 0.1) is 6.92 Å². The Morgan fingerprint density at radius 2 is 2.00 bits per heavy atom. The normalized spacial score (nSPS) is 14.1. The summed E-state index contributed by atoms with van der Waals surface area (Å²) in [4.78, 5) is 5.87. The number of thiophene rings is 1. The van der Waals surface area contributed by atoms with Gasteiger partial charge in [0, 0.05) is 22.2 Å². The fourth-order valence-electron chi connectivity index (χ4n) is 2.89. The first-order valence-corrected chi connectivity index (χ1v) is 8.25. The van der Waals surface area contributed by atoms with Crippen molar-refractivity contribution in [1.29, 1.82) is 0 Å². The Balaban J connectivity index is 1.94. The highest BCUT2D eigenvalue weighted by Crippen LogP contribution is 2.38. The third-order valence-electron chi connectivity index (χ3n) is 3.92. The molecule has 0 spiro atoms. The van der Waals surface area contributed by atoms with Crippen molar-refractivity contribution in [3.8, 4) is 0 Å². The van der Waals surface area contributed by atoms with Crippen molar-refractivity contribution >= 4 is 38.7 Å². The minimum absolute atomic E-state index is 0.836. The molecule has 2 heterocycles. The third-order valence-corrected chi connectivity index (χ3v) is 5.60. The molecule has 0 amide bonds. The second-order valence-electron chi connectivity index (χ2n) is 5.38. The minimum atomic E-state index is 0.836. The van der Waals surface area contributed by atoms with E-state index in [1.165, 1.54) is 21.4 Å². The standard InChI is InChI=1S/C18H14ClNS/c1-11-6-7-13-12(10-11)8-9-20-17(13)18-16(19)14-4-2-3-5-15(14)21-18/h2-7,10H,8-9H2,1H3. The molecule has 0 radical (unpaired) electrons. The Labute approximate surface area is 132 Å². The summed E-state index contributed by atoms with van der Waals surface area (Å²) < 4.78 is 1.22. The smallest absolute Gasteiger partial charge is 0.0837 e. The van der Waals surface area contributed by atoms with Gasteiger partial charge in [0.05, 0.1) is 15.6 Å². The molecule has 0 atom stereocenters. The fourth-order valence-corrected chi connectivity index (χ4v) is 4.44. The first-order chi connectivity index (χ1) is 10.2. The fraction of sp³-hybridized carbons (Fsp3) is 0.167. The van der Waals surface area contributed by atoms with Gasteiger partial charge in [0.25, 0.3) is 0 Å². The van der Waals surface area contributed by atoms with E-state index in [0.717, 1.165) is 34.0 Å². The molecule has 4 rings (SSSR count). The summed E-state index contributed by atoms with van der Waals surface area (Å²) in [6, 6.07) is 14.9. The van der Waals surface area contributed by atoms with Crippen molar-refractivity contribution < 1.29 is 0 Å². The van der Waals surface area contributed by atoms with E-state index in [9.17, 15) is 0 Å². The van der Waals surface area contributed by atoms with Crippen LogP contribution in [-0.2, 0) is 6.42 Å². The van der Waals surface area contributed by atoms with Crippen molar-refractivity contribution in [3.63, 3.8) is 0 Å². The van der Waals surface area contributed by atoms with Gasteiger partial charge in [0.2, 0.25) is 0 Å². The SMILES string of the molecule is Cc1ccc2c(c1)CCN=C2c1sc2ccccc2c1Cl. The van der Waals surface area contributed by atoms with E-state index in [2.05, 4.69) is 43.3 Å². The van der Waals surface area contributed by atoms with Crippen LogP contribution >= 0.6 is 22.9 Å². The number of hydrogen-bond acceptors (Lipinski definition) is 2. The lowest BCUT2D eigenvalue weighted by Crippen LogP contribution is -2.13. The molecule has 0 N–H and O–H groups in total. The number of benzene rings is 2. The van der Waals surface area contributed by atoms with E-state index in [-0.39, 0.29) is 0 Å². The van der Waals surface area contributed by atoms with Gasteiger partial charge in [-0.2, -0.15) is 0 Å². The number of rotatable bonds is 1. The highest BCUT2D eigenvalue weighted by atomic mass is 35.5. The number of aliphatic imine (C=N–C) groups is 1. The van der Waals surface area contributed by atoms with Gasteiger partial charge in [0.15, 0.2) is 0 Å². The summed E-state index contributed by atoms with van der Waals surface area (Å²) in [7, 11) is 0. The van der Waals surface area contributed by atoms with Gasteiger partial charge in [-0.1, -0.05) is 53.6 Å². The highest BCUT2D eigenvalue weighted by Gasteiger charge is 2.21. The Morgan fingerprint density at radius 3 is 2.86 bits per heavy atom. The van der Waals surface area contributed by atoms with Crippen LogP contribution in [0.15, 0.2) is 47.5 Å². The summed E-state index contributed by atoms with van der Waals surface area (Å²) in [5.41, 5.74) is 4.98. The first kappa shape index (κ1) is 13.1. The molecule has 3 aromatic rings. The van der Waals surface area contributed by atoms with E-state index in [0.29, 0.717) is 0 Å². The van der Waals surface area contributed by atoms with E-state index < -0.39 is 0 Å². The maximum atomic E-state index is 6.62. The molecule has 0 fully saturated rings. The lowest BCUT2D eigenvalue weighted by atomic mass is 9.95. The van der Waals surface area contributed by atoms with Crippen molar-refractivity contribution in [2.75, 3.05) is 6.54 Å². The van der Waals surface area contributed by atoms with Crippen LogP contribution in [0.2, 0.25) is 5.02 Å². The molecule has 1 aliphatic heterocycles. The summed E-state index contributed by atoms with van der Waals surface area (Å²) >= 11 is 8.35. The molecular weight excluding hydrogens is 298 g/mol. The number of aryl methyl sites for hydroxylation is 1. The van der Waals surface area contributed by atoms with E-state index in [1.807, 2.05) is 6.07 Å². The maximum absolute atomic E-state index is 6.62. The molecule has 3 heteroatoms. The monoisotopic (exact) mass is 311 g/mol. The zero-order valence-electron chi connectivity index (χ0n) is 11.7. The molecule has 0 saturated carbocycles. The molecule has 1 aromatic heterocycles. The third kappa shape index (κ3) is 2.10. The van der Waals surface area contributed by atoms with Crippen molar-refractivity contribution in [3.05, 3.63) is 69.1 Å². The predicted molar refractivity (Wildman–Crippen MR) is 92.2 cm³/mol. The molecule has 0 unspecified atom stereocenters. The van der Waals surface area contributed by atoms with E-state index in [4.69, 9.17) is 16.6 Å². The van der Waals surface area contributed by atoms with Gasteiger partial charge >= 0.3 is 0 Å². The molecule has 2 aromatic carbocycles. The molecule has 0 saturated heterocycles. The van der Waals surface area contributed by atoms with E-state index in [1.54, 1.807) is 11.3 Å². The molecule has 0 bridgehead atoms. The summed E-state index contributed by atoms with van der Waals surface area (Å²) in [6.07, 6.45) is 1.02. The van der Waals surface area contributed by atoms with Gasteiger partial charge in [-0.25, -0.2) is 0 Å². The number of halogens is 1. The quantitative estimate of drug-likeness (QED) is 0.581. The molecule has 104 valence electrons. The average molecular weight is 312 g/mol. The van der Waals surface area contributed by atoms with Gasteiger partial charge in [-0.3, -0.25) is 4.99 Å². The summed E-state index contributed by atoms with van der Waals surface area (Å²) in [5, 5.41) is 1.96. The van der Waals surface area contributed by atoms with Crippen LogP contribution in [0.3, 0.4) is 0 Å². The van der Waals surface area contributed by atoms with Crippen molar-refractivity contribution in [2.24, 2.45) is 4.99 Å².